The molecule has 1 rings (SSSR count). The average molecular weight is 239 g/mol. The molecule has 0 aromatic carbocycles. The van der Waals surface area contributed by atoms with Crippen molar-refractivity contribution in [1.29, 1.82) is 0 Å². The van der Waals surface area contributed by atoms with E-state index >= 15 is 0 Å². The second-order valence-electron chi connectivity index (χ2n) is 2.26. The van der Waals surface area contributed by atoms with Crippen LogP contribution in [-0.2, 0) is 11.2 Å². The molecule has 0 fully saturated rings. The fourth-order valence-electron chi connectivity index (χ4n) is 0.665. The summed E-state index contributed by atoms with van der Waals surface area (Å²) in [5.74, 6) is -0.192. The highest BCUT2D eigenvalue weighted by Gasteiger charge is 2.30. The predicted octanol–water partition coefficient (Wildman–Crippen LogP) is 1.96. The van der Waals surface area contributed by atoms with E-state index in [-0.39, 0.29) is 6.42 Å². The number of ketones is 1. The first-order chi connectivity index (χ1) is 6.00. The molecule has 0 aliphatic carbocycles. The van der Waals surface area contributed by atoms with Crippen molar-refractivity contribution in [3.8, 4) is 0 Å². The maximum absolute atomic E-state index is 11.2. The zero-order valence-electron chi connectivity index (χ0n) is 6.38. The summed E-state index contributed by atoms with van der Waals surface area (Å²) < 4.78 is -1.89. The molecule has 70 valence electrons. The number of nitrogens with zero attached hydrogens (tertiary/aromatic N) is 2. The SMILES string of the molecule is O=C(Cc1ncccn1)C(Cl)(Cl)Cl. The van der Waals surface area contributed by atoms with E-state index in [1.165, 1.54) is 12.4 Å². The molecular formula is C7H5Cl3N2O. The molecule has 0 aliphatic heterocycles. The summed E-state index contributed by atoms with van der Waals surface area (Å²) in [6.45, 7) is 0. The van der Waals surface area contributed by atoms with Gasteiger partial charge in [-0.3, -0.25) is 4.79 Å². The van der Waals surface area contributed by atoms with Crippen molar-refractivity contribution in [1.82, 2.24) is 9.97 Å². The van der Waals surface area contributed by atoms with Crippen molar-refractivity contribution >= 4 is 40.6 Å². The maximum Gasteiger partial charge on any atom is 0.249 e. The van der Waals surface area contributed by atoms with Crippen molar-refractivity contribution in [2.24, 2.45) is 0 Å². The van der Waals surface area contributed by atoms with Crippen molar-refractivity contribution < 1.29 is 4.79 Å². The number of Topliss-reactive ketones (excluding diaryl/α,β-unsaturated/α-hetero) is 1. The Kier molecular flexibility index (Phi) is 3.47. The van der Waals surface area contributed by atoms with Gasteiger partial charge in [0.1, 0.15) is 5.82 Å². The molecular weight excluding hydrogens is 234 g/mol. The molecule has 0 bridgehead atoms. The highest BCUT2D eigenvalue weighted by atomic mass is 35.6. The Bertz CT molecular complexity index is 296. The quantitative estimate of drug-likeness (QED) is 0.741. The largest absolute Gasteiger partial charge is 0.294 e. The Morgan fingerprint density at radius 2 is 1.85 bits per heavy atom. The molecule has 0 saturated heterocycles. The van der Waals surface area contributed by atoms with Crippen molar-refractivity contribution in [3.05, 3.63) is 24.3 Å². The van der Waals surface area contributed by atoms with E-state index in [2.05, 4.69) is 9.97 Å². The van der Waals surface area contributed by atoms with Crippen LogP contribution in [0.5, 0.6) is 0 Å². The Labute approximate surface area is 90.0 Å². The third kappa shape index (κ3) is 3.46. The summed E-state index contributed by atoms with van der Waals surface area (Å²) in [5.41, 5.74) is 0. The van der Waals surface area contributed by atoms with E-state index in [9.17, 15) is 4.79 Å². The molecule has 3 nitrogen and oxygen atoms in total. The zero-order chi connectivity index (χ0) is 9.90. The minimum absolute atomic E-state index is 0.0721. The molecule has 1 aromatic rings. The lowest BCUT2D eigenvalue weighted by molar-refractivity contribution is -0.117. The number of hydrogen-bond donors (Lipinski definition) is 0. The monoisotopic (exact) mass is 238 g/mol. The molecule has 0 amide bonds. The van der Waals surface area contributed by atoms with E-state index in [4.69, 9.17) is 34.8 Å². The van der Waals surface area contributed by atoms with Crippen LogP contribution in [-0.4, -0.2) is 19.5 Å². The number of alkyl halides is 3. The van der Waals surface area contributed by atoms with Crippen LogP contribution in [0.2, 0.25) is 0 Å². The highest BCUT2D eigenvalue weighted by Crippen LogP contribution is 2.27. The van der Waals surface area contributed by atoms with Gasteiger partial charge < -0.3 is 0 Å². The van der Waals surface area contributed by atoms with Gasteiger partial charge in [0.25, 0.3) is 0 Å². The normalized spacial score (nSPS) is 11.3. The van der Waals surface area contributed by atoms with Crippen LogP contribution in [0.15, 0.2) is 18.5 Å². The second kappa shape index (κ2) is 4.22. The van der Waals surface area contributed by atoms with Gasteiger partial charge in [0.15, 0.2) is 5.78 Å². The third-order valence-electron chi connectivity index (χ3n) is 1.25. The third-order valence-corrected chi connectivity index (χ3v) is 1.89. The molecule has 1 heterocycles. The summed E-state index contributed by atoms with van der Waals surface area (Å²) in [4.78, 5) is 18.8. The van der Waals surface area contributed by atoms with E-state index in [1.807, 2.05) is 0 Å². The first-order valence-electron chi connectivity index (χ1n) is 3.36. The van der Waals surface area contributed by atoms with Crippen molar-refractivity contribution in [2.75, 3.05) is 0 Å². The van der Waals surface area contributed by atoms with Gasteiger partial charge in [-0.1, -0.05) is 34.8 Å². The number of carbonyl (C=O) groups is 1. The summed E-state index contributed by atoms with van der Waals surface area (Å²) in [5, 5.41) is 0. The van der Waals surface area contributed by atoms with Gasteiger partial charge in [0, 0.05) is 12.4 Å². The van der Waals surface area contributed by atoms with Crippen LogP contribution in [0.1, 0.15) is 5.82 Å². The average Bonchev–Trinajstić information content (AvgIpc) is 2.04. The Morgan fingerprint density at radius 1 is 1.31 bits per heavy atom. The van der Waals surface area contributed by atoms with Gasteiger partial charge in [-0.2, -0.15) is 0 Å². The molecule has 0 radical (unpaired) electrons. The molecule has 0 aliphatic rings. The standard InChI is InChI=1S/C7H5Cl3N2O/c8-7(9,10)5(13)4-6-11-2-1-3-12-6/h1-3H,4H2. The molecule has 0 unspecified atom stereocenters. The van der Waals surface area contributed by atoms with Crippen LogP contribution < -0.4 is 0 Å². The van der Waals surface area contributed by atoms with Crippen molar-refractivity contribution in [3.63, 3.8) is 0 Å². The topological polar surface area (TPSA) is 42.9 Å². The summed E-state index contributed by atoms with van der Waals surface area (Å²) in [6.07, 6.45) is 2.97. The molecule has 13 heavy (non-hydrogen) atoms. The van der Waals surface area contributed by atoms with Crippen LogP contribution in [0.3, 0.4) is 0 Å². The van der Waals surface area contributed by atoms with E-state index in [0.29, 0.717) is 5.82 Å². The number of halogens is 3. The number of rotatable bonds is 2. The number of hydrogen-bond acceptors (Lipinski definition) is 3. The minimum atomic E-state index is -1.89. The first-order valence-corrected chi connectivity index (χ1v) is 4.49. The van der Waals surface area contributed by atoms with Crippen LogP contribution in [0, 0.1) is 0 Å². The van der Waals surface area contributed by atoms with Gasteiger partial charge in [-0.25, -0.2) is 9.97 Å². The second-order valence-corrected chi connectivity index (χ2v) is 4.54. The van der Waals surface area contributed by atoms with E-state index in [0.717, 1.165) is 0 Å². The fourth-order valence-corrected chi connectivity index (χ4v) is 0.866. The first kappa shape index (κ1) is 10.7. The van der Waals surface area contributed by atoms with Gasteiger partial charge in [0.05, 0.1) is 6.42 Å². The molecule has 0 atom stereocenters. The number of carbonyl (C=O) groups excluding carboxylic acids is 1. The van der Waals surface area contributed by atoms with E-state index < -0.39 is 9.58 Å². The fraction of sp³-hybridized carbons (Fsp3) is 0.286. The smallest absolute Gasteiger partial charge is 0.249 e. The number of aromatic nitrogens is 2. The van der Waals surface area contributed by atoms with Gasteiger partial charge in [-0.05, 0) is 6.07 Å². The summed E-state index contributed by atoms with van der Waals surface area (Å²) >= 11 is 16.1. The van der Waals surface area contributed by atoms with Crippen LogP contribution in [0.25, 0.3) is 0 Å². The summed E-state index contributed by atoms with van der Waals surface area (Å²) in [7, 11) is 0. The lowest BCUT2D eigenvalue weighted by atomic mass is 10.3. The minimum Gasteiger partial charge on any atom is -0.294 e. The van der Waals surface area contributed by atoms with E-state index in [1.54, 1.807) is 6.07 Å². The molecule has 0 saturated carbocycles. The lowest BCUT2D eigenvalue weighted by Gasteiger charge is -2.07. The molecule has 0 N–H and O–H groups in total. The van der Waals surface area contributed by atoms with Crippen LogP contribution >= 0.6 is 34.8 Å². The van der Waals surface area contributed by atoms with Crippen molar-refractivity contribution in [2.45, 2.75) is 10.2 Å². The summed E-state index contributed by atoms with van der Waals surface area (Å²) in [6, 6.07) is 1.64. The zero-order valence-corrected chi connectivity index (χ0v) is 8.64. The Hall–Kier alpha value is -0.380. The molecule has 0 spiro atoms. The van der Waals surface area contributed by atoms with Gasteiger partial charge >= 0.3 is 0 Å². The van der Waals surface area contributed by atoms with Gasteiger partial charge in [-0.15, -0.1) is 0 Å². The predicted molar refractivity (Wildman–Crippen MR) is 51.0 cm³/mol. The molecule has 1 aromatic heterocycles. The molecule has 6 heteroatoms. The Morgan fingerprint density at radius 3 is 2.31 bits per heavy atom. The highest BCUT2D eigenvalue weighted by molar-refractivity contribution is 6.76. The van der Waals surface area contributed by atoms with Crippen LogP contribution in [0.4, 0.5) is 0 Å². The lowest BCUT2D eigenvalue weighted by Crippen LogP contribution is -2.21. The Balaban J connectivity index is 2.66. The van der Waals surface area contributed by atoms with Gasteiger partial charge in [0.2, 0.25) is 3.79 Å². The maximum atomic E-state index is 11.2.